The summed E-state index contributed by atoms with van der Waals surface area (Å²) in [6.45, 7) is 4.72. The van der Waals surface area contributed by atoms with Gasteiger partial charge in [0.15, 0.2) is 0 Å². The van der Waals surface area contributed by atoms with Crippen LogP contribution < -0.4 is 4.90 Å². The number of sulfonamides is 1. The van der Waals surface area contributed by atoms with E-state index in [-0.39, 0.29) is 12.6 Å². The van der Waals surface area contributed by atoms with Gasteiger partial charge in [-0.25, -0.2) is 13.4 Å². The Balaban J connectivity index is 1.80. The molecule has 0 saturated carbocycles. The van der Waals surface area contributed by atoms with Gasteiger partial charge < -0.3 is 9.88 Å². The second-order valence-corrected chi connectivity index (χ2v) is 9.33. The van der Waals surface area contributed by atoms with Crippen LogP contribution in [-0.2, 0) is 29.5 Å². The van der Waals surface area contributed by atoms with Crippen molar-refractivity contribution in [3.63, 3.8) is 0 Å². The highest BCUT2D eigenvalue weighted by Gasteiger charge is 2.34. The summed E-state index contributed by atoms with van der Waals surface area (Å²) in [6.07, 6.45) is 4.02. The summed E-state index contributed by atoms with van der Waals surface area (Å²) >= 11 is 0. The van der Waals surface area contributed by atoms with Crippen LogP contribution in [0.1, 0.15) is 22.4 Å². The molecule has 0 amide bonds. The number of nitrogens with one attached hydrogen (secondary N) is 1. The zero-order valence-corrected chi connectivity index (χ0v) is 17.8. The van der Waals surface area contributed by atoms with Crippen LogP contribution in [0.5, 0.6) is 0 Å². The fourth-order valence-corrected chi connectivity index (χ4v) is 5.07. The van der Waals surface area contributed by atoms with Crippen molar-refractivity contribution < 1.29 is 8.42 Å². The van der Waals surface area contributed by atoms with Crippen LogP contribution in [0, 0.1) is 11.3 Å². The molecule has 0 aliphatic carbocycles. The predicted molar refractivity (Wildman–Crippen MR) is 119 cm³/mol. The molecule has 7 nitrogen and oxygen atoms in total. The van der Waals surface area contributed by atoms with Gasteiger partial charge >= 0.3 is 0 Å². The molecule has 0 spiro atoms. The van der Waals surface area contributed by atoms with Crippen molar-refractivity contribution in [1.29, 1.82) is 5.26 Å². The van der Waals surface area contributed by atoms with Crippen LogP contribution in [0.3, 0.4) is 0 Å². The van der Waals surface area contributed by atoms with E-state index >= 15 is 0 Å². The quantitative estimate of drug-likeness (QED) is 0.644. The summed E-state index contributed by atoms with van der Waals surface area (Å²) in [5.41, 5.74) is 4.10. The third kappa shape index (κ3) is 4.53. The lowest BCUT2D eigenvalue weighted by Gasteiger charge is -2.31. The van der Waals surface area contributed by atoms with E-state index in [4.69, 9.17) is 0 Å². The minimum atomic E-state index is -3.70. The van der Waals surface area contributed by atoms with E-state index in [9.17, 15) is 13.7 Å². The van der Waals surface area contributed by atoms with Crippen LogP contribution in [0.4, 0.5) is 5.69 Å². The third-order valence-corrected chi connectivity index (χ3v) is 6.98. The first-order valence-electron chi connectivity index (χ1n) is 9.94. The van der Waals surface area contributed by atoms with Gasteiger partial charge in [-0.05, 0) is 35.7 Å². The normalized spacial score (nSPS) is 16.9. The number of imidazole rings is 1. The molecule has 4 rings (SSSR count). The Morgan fingerprint density at radius 3 is 2.74 bits per heavy atom. The Morgan fingerprint density at radius 2 is 2.06 bits per heavy atom. The van der Waals surface area contributed by atoms with Crippen LogP contribution in [0.2, 0.25) is 0 Å². The van der Waals surface area contributed by atoms with Crippen LogP contribution >= 0.6 is 0 Å². The summed E-state index contributed by atoms with van der Waals surface area (Å²) in [5, 5.41) is 10.4. The van der Waals surface area contributed by atoms with Crippen LogP contribution in [0.15, 0.2) is 73.0 Å². The molecule has 1 aliphatic heterocycles. The molecule has 0 radical (unpaired) electrons. The fourth-order valence-electron chi connectivity index (χ4n) is 4.00. The maximum Gasteiger partial charge on any atom is 0.236 e. The predicted octanol–water partition coefficient (Wildman–Crippen LogP) is 3.19. The average molecular weight is 434 g/mol. The average Bonchev–Trinajstić information content (AvgIpc) is 3.24. The highest BCUT2D eigenvalue weighted by atomic mass is 32.2. The first-order chi connectivity index (χ1) is 15.0. The number of H-pyrrole nitrogens is 1. The van der Waals surface area contributed by atoms with Crippen LogP contribution in [0.25, 0.3) is 0 Å². The first-order valence-corrected chi connectivity index (χ1v) is 11.4. The molecule has 2 heterocycles. The molecular formula is C23H23N5O2S. The summed E-state index contributed by atoms with van der Waals surface area (Å²) in [4.78, 5) is 9.45. The number of aromatic nitrogens is 2. The maximum atomic E-state index is 13.0. The maximum absolute atomic E-state index is 13.0. The van der Waals surface area contributed by atoms with E-state index in [2.05, 4.69) is 27.5 Å². The van der Waals surface area contributed by atoms with Gasteiger partial charge in [-0.3, -0.25) is 0 Å². The van der Waals surface area contributed by atoms with Crippen molar-refractivity contribution in [2.75, 3.05) is 11.4 Å². The number of nitrogens with zero attached hydrogens (tertiary/aromatic N) is 4. The minimum Gasteiger partial charge on any atom is -0.364 e. The summed E-state index contributed by atoms with van der Waals surface area (Å²) in [7, 11) is -3.70. The zero-order chi connectivity index (χ0) is 21.8. The number of nitriles is 1. The Hall–Kier alpha value is -3.41. The highest BCUT2D eigenvalue weighted by Crippen LogP contribution is 2.32. The molecule has 3 aromatic rings. The number of hydrogen-bond donors (Lipinski definition) is 1. The number of anilines is 1. The third-order valence-electron chi connectivity index (χ3n) is 5.47. The molecular weight excluding hydrogens is 410 g/mol. The Morgan fingerprint density at radius 1 is 1.26 bits per heavy atom. The molecule has 1 N–H and O–H groups in total. The van der Waals surface area contributed by atoms with E-state index in [0.29, 0.717) is 25.1 Å². The second kappa shape index (κ2) is 8.76. The smallest absolute Gasteiger partial charge is 0.236 e. The lowest BCUT2D eigenvalue weighted by molar-refractivity contribution is 0.322. The fraction of sp³-hybridized carbons (Fsp3) is 0.217. The molecule has 1 aromatic heterocycles. The van der Waals surface area contributed by atoms with Gasteiger partial charge in [0.05, 0.1) is 30.2 Å². The van der Waals surface area contributed by atoms with Gasteiger partial charge in [-0.15, -0.1) is 0 Å². The van der Waals surface area contributed by atoms with Crippen molar-refractivity contribution >= 4 is 15.7 Å². The van der Waals surface area contributed by atoms with E-state index in [1.807, 2.05) is 42.6 Å². The topological polar surface area (TPSA) is 93.1 Å². The molecule has 0 saturated heterocycles. The largest absolute Gasteiger partial charge is 0.364 e. The molecule has 8 heteroatoms. The Kier molecular flexibility index (Phi) is 5.89. The molecule has 2 aromatic carbocycles. The van der Waals surface area contributed by atoms with Crippen molar-refractivity contribution in [2.24, 2.45) is 0 Å². The second-order valence-electron chi connectivity index (χ2n) is 7.50. The van der Waals surface area contributed by atoms with Crippen molar-refractivity contribution in [3.8, 4) is 6.07 Å². The first kappa shape index (κ1) is 20.8. The van der Waals surface area contributed by atoms with Gasteiger partial charge in [0, 0.05) is 36.4 Å². The van der Waals surface area contributed by atoms with E-state index in [1.165, 1.54) is 4.31 Å². The molecule has 31 heavy (non-hydrogen) atoms. The Labute approximate surface area is 182 Å². The molecule has 158 valence electrons. The zero-order valence-electron chi connectivity index (χ0n) is 17.0. The number of hydrogen-bond acceptors (Lipinski definition) is 5. The minimum absolute atomic E-state index is 0.174. The number of rotatable bonds is 6. The number of aromatic amines is 1. The van der Waals surface area contributed by atoms with Gasteiger partial charge in [0.2, 0.25) is 10.0 Å². The summed E-state index contributed by atoms with van der Waals surface area (Å²) < 4.78 is 27.5. The van der Waals surface area contributed by atoms with E-state index in [0.717, 1.165) is 27.9 Å². The van der Waals surface area contributed by atoms with Crippen molar-refractivity contribution in [1.82, 2.24) is 14.3 Å². The van der Waals surface area contributed by atoms with Gasteiger partial charge in [-0.1, -0.05) is 36.9 Å². The van der Waals surface area contributed by atoms with E-state index < -0.39 is 10.0 Å². The Bertz CT molecular complexity index is 1200. The molecule has 0 unspecified atom stereocenters. The summed E-state index contributed by atoms with van der Waals surface area (Å²) in [6, 6.07) is 17.1. The van der Waals surface area contributed by atoms with E-state index in [1.54, 1.807) is 18.5 Å². The molecule has 0 bridgehead atoms. The van der Waals surface area contributed by atoms with Gasteiger partial charge in [0.25, 0.3) is 0 Å². The highest BCUT2D eigenvalue weighted by molar-refractivity contribution is 7.92. The lowest BCUT2D eigenvalue weighted by atomic mass is 10.1. The van der Waals surface area contributed by atoms with Crippen LogP contribution in [-0.4, -0.2) is 35.3 Å². The monoisotopic (exact) mass is 433 g/mol. The molecule has 1 aliphatic rings. The van der Waals surface area contributed by atoms with Gasteiger partial charge in [-0.2, -0.15) is 9.57 Å². The number of fused-ring (bicyclic) bond motifs is 1. The summed E-state index contributed by atoms with van der Waals surface area (Å²) in [5.74, 6) is 0. The lowest BCUT2D eigenvalue weighted by Crippen LogP contribution is -2.45. The molecule has 0 fully saturated rings. The molecule has 1 atom stereocenters. The SMILES string of the molecule is C=CS(=O)(=O)N1Cc2cc(C#N)ccc2N(Cc2c[nH]cn2)C[C@H]1Cc1ccccc1. The van der Waals surface area contributed by atoms with Crippen molar-refractivity contribution in [2.45, 2.75) is 25.6 Å². The van der Waals surface area contributed by atoms with Gasteiger partial charge in [0.1, 0.15) is 0 Å². The van der Waals surface area contributed by atoms with Crippen molar-refractivity contribution in [3.05, 3.63) is 95.4 Å². The standard InChI is InChI=1S/C23H23N5O2S/c1-2-31(29,30)28-14-20-10-19(12-24)8-9-23(20)27(15-21-13-25-17-26-21)16-22(28)11-18-6-4-3-5-7-18/h2-10,13,17,22H,1,11,14-16H2,(H,25,26)/t22-/m1/s1. The number of benzene rings is 2.